The van der Waals surface area contributed by atoms with Gasteiger partial charge >= 0.3 is 12.1 Å². The van der Waals surface area contributed by atoms with Crippen molar-refractivity contribution in [3.63, 3.8) is 0 Å². The van der Waals surface area contributed by atoms with Crippen LogP contribution in [0.2, 0.25) is 0 Å². The second-order valence-electron chi connectivity index (χ2n) is 2.29. The van der Waals surface area contributed by atoms with Crippen LogP contribution in [0.15, 0.2) is 11.3 Å². The van der Waals surface area contributed by atoms with Gasteiger partial charge in [0.05, 0.1) is 6.42 Å². The number of carboxylic acid groups (broad SMARTS) is 1. The molecule has 0 fully saturated rings. The molecule has 0 bridgehead atoms. The largest absolute Gasteiger partial charge is 0.477 e. The molecule has 0 saturated carbocycles. The highest BCUT2D eigenvalue weighted by atomic mass is 19.4. The molecule has 3 N–H and O–H groups in total. The minimum Gasteiger partial charge on any atom is -0.477 e. The lowest BCUT2D eigenvalue weighted by atomic mass is 10.1. The standard InChI is InChI=1S/C6H8F3NO2/c1-3(2-6(7,8)9)4(10)5(11)12/h2,10H2,1H3,(H,11,12)/b4-3+. The fraction of sp³-hybridized carbons (Fsp3) is 0.500. The van der Waals surface area contributed by atoms with Crippen LogP contribution in [0.1, 0.15) is 13.3 Å². The third kappa shape index (κ3) is 3.85. The molecule has 0 aromatic carbocycles. The van der Waals surface area contributed by atoms with Gasteiger partial charge in [0.2, 0.25) is 0 Å². The zero-order chi connectivity index (χ0) is 9.94. The monoisotopic (exact) mass is 183 g/mol. The van der Waals surface area contributed by atoms with Crippen LogP contribution in [0.4, 0.5) is 13.2 Å². The molecular weight excluding hydrogens is 175 g/mol. The molecule has 70 valence electrons. The van der Waals surface area contributed by atoms with Crippen LogP contribution in [-0.2, 0) is 4.79 Å². The van der Waals surface area contributed by atoms with Gasteiger partial charge in [0.15, 0.2) is 0 Å². The minimum absolute atomic E-state index is 0.380. The van der Waals surface area contributed by atoms with Crippen molar-refractivity contribution in [3.05, 3.63) is 11.3 Å². The summed E-state index contributed by atoms with van der Waals surface area (Å²) < 4.78 is 34.9. The van der Waals surface area contributed by atoms with Gasteiger partial charge in [0.1, 0.15) is 5.70 Å². The van der Waals surface area contributed by atoms with Crippen molar-refractivity contribution in [2.75, 3.05) is 0 Å². The predicted octanol–water partition coefficient (Wildman–Crippen LogP) is 1.26. The number of carboxylic acids is 1. The van der Waals surface area contributed by atoms with E-state index in [0.29, 0.717) is 0 Å². The van der Waals surface area contributed by atoms with Crippen molar-refractivity contribution >= 4 is 5.97 Å². The van der Waals surface area contributed by atoms with Crippen LogP contribution < -0.4 is 5.73 Å². The Labute approximate surface area is 66.7 Å². The first kappa shape index (κ1) is 10.8. The number of hydrogen-bond donors (Lipinski definition) is 2. The summed E-state index contributed by atoms with van der Waals surface area (Å²) in [5.41, 5.74) is 3.72. The molecule has 12 heavy (non-hydrogen) atoms. The number of alkyl halides is 3. The molecule has 0 aliphatic carbocycles. The first-order valence-corrected chi connectivity index (χ1v) is 2.99. The zero-order valence-corrected chi connectivity index (χ0v) is 6.27. The Morgan fingerprint density at radius 3 is 2.17 bits per heavy atom. The second kappa shape index (κ2) is 3.46. The van der Waals surface area contributed by atoms with Crippen LogP contribution in [-0.4, -0.2) is 17.3 Å². The summed E-state index contributed by atoms with van der Waals surface area (Å²) in [5, 5.41) is 8.20. The summed E-state index contributed by atoms with van der Waals surface area (Å²) in [4.78, 5) is 10.1. The average Bonchev–Trinajstić information content (AvgIpc) is 1.82. The van der Waals surface area contributed by atoms with E-state index in [-0.39, 0.29) is 5.57 Å². The van der Waals surface area contributed by atoms with E-state index in [9.17, 15) is 18.0 Å². The zero-order valence-electron chi connectivity index (χ0n) is 6.27. The van der Waals surface area contributed by atoms with Crippen molar-refractivity contribution in [2.45, 2.75) is 19.5 Å². The highest BCUT2D eigenvalue weighted by Crippen LogP contribution is 2.24. The molecule has 0 aromatic heterocycles. The third-order valence-corrected chi connectivity index (χ3v) is 1.16. The van der Waals surface area contributed by atoms with E-state index in [0.717, 1.165) is 6.92 Å². The molecule has 0 amide bonds. The van der Waals surface area contributed by atoms with Crippen LogP contribution in [0.3, 0.4) is 0 Å². The Morgan fingerprint density at radius 1 is 1.50 bits per heavy atom. The third-order valence-electron chi connectivity index (χ3n) is 1.16. The number of hydrogen-bond acceptors (Lipinski definition) is 2. The van der Waals surface area contributed by atoms with Crippen molar-refractivity contribution in [1.82, 2.24) is 0 Å². The summed E-state index contributed by atoms with van der Waals surface area (Å²) in [6.45, 7) is 1.04. The van der Waals surface area contributed by atoms with Gasteiger partial charge in [-0.05, 0) is 12.5 Å². The van der Waals surface area contributed by atoms with Crippen LogP contribution in [0.5, 0.6) is 0 Å². The molecule has 0 unspecified atom stereocenters. The first-order chi connectivity index (χ1) is 5.24. The molecule has 0 spiro atoms. The minimum atomic E-state index is -4.41. The SMILES string of the molecule is C/C(CC(F)(F)F)=C(\N)C(=O)O. The smallest absolute Gasteiger partial charge is 0.392 e. The molecule has 6 heteroatoms. The molecule has 0 aliphatic rings. The number of nitrogens with two attached hydrogens (primary N) is 1. The summed E-state index contributed by atoms with van der Waals surface area (Å²) in [6, 6.07) is 0. The van der Waals surface area contributed by atoms with Gasteiger partial charge in [-0.2, -0.15) is 13.2 Å². The van der Waals surface area contributed by atoms with E-state index in [1.807, 2.05) is 0 Å². The number of halogens is 3. The molecule has 0 heterocycles. The highest BCUT2D eigenvalue weighted by Gasteiger charge is 2.29. The van der Waals surface area contributed by atoms with Crippen molar-refractivity contribution < 1.29 is 23.1 Å². The van der Waals surface area contributed by atoms with Gasteiger partial charge in [-0.15, -0.1) is 0 Å². The Hall–Kier alpha value is -1.20. The lowest BCUT2D eigenvalue weighted by molar-refractivity contribution is -0.133. The highest BCUT2D eigenvalue weighted by molar-refractivity contribution is 5.86. The summed E-state index contributed by atoms with van der Waals surface area (Å²) >= 11 is 0. The summed E-state index contributed by atoms with van der Waals surface area (Å²) in [7, 11) is 0. The van der Waals surface area contributed by atoms with E-state index in [2.05, 4.69) is 0 Å². The molecule has 3 nitrogen and oxygen atoms in total. The van der Waals surface area contributed by atoms with E-state index in [1.54, 1.807) is 0 Å². The van der Waals surface area contributed by atoms with E-state index in [4.69, 9.17) is 10.8 Å². The van der Waals surface area contributed by atoms with Crippen LogP contribution in [0, 0.1) is 0 Å². The Balaban J connectivity index is 4.49. The molecule has 0 aromatic rings. The van der Waals surface area contributed by atoms with Crippen molar-refractivity contribution in [1.29, 1.82) is 0 Å². The second-order valence-corrected chi connectivity index (χ2v) is 2.29. The maximum atomic E-state index is 11.6. The Kier molecular flexibility index (Phi) is 3.12. The lowest BCUT2D eigenvalue weighted by Crippen LogP contribution is -2.16. The number of rotatable bonds is 2. The van der Waals surface area contributed by atoms with Gasteiger partial charge < -0.3 is 10.8 Å². The normalized spacial score (nSPS) is 14.0. The molecule has 0 aliphatic heterocycles. The van der Waals surface area contributed by atoms with Gasteiger partial charge in [0, 0.05) is 0 Å². The molecule has 0 radical (unpaired) electrons. The van der Waals surface area contributed by atoms with E-state index < -0.39 is 24.3 Å². The number of allylic oxidation sites excluding steroid dienone is 1. The topological polar surface area (TPSA) is 63.3 Å². The van der Waals surface area contributed by atoms with Crippen molar-refractivity contribution in [3.8, 4) is 0 Å². The summed E-state index contributed by atoms with van der Waals surface area (Å²) in [5.74, 6) is -1.53. The van der Waals surface area contributed by atoms with Crippen LogP contribution in [0.25, 0.3) is 0 Å². The Morgan fingerprint density at radius 2 is 1.92 bits per heavy atom. The maximum Gasteiger partial charge on any atom is 0.392 e. The fourth-order valence-corrected chi connectivity index (χ4v) is 0.578. The van der Waals surface area contributed by atoms with E-state index in [1.165, 1.54) is 0 Å². The lowest BCUT2D eigenvalue weighted by Gasteiger charge is -2.07. The summed E-state index contributed by atoms with van der Waals surface area (Å²) in [6.07, 6.45) is -5.70. The molecule has 0 atom stereocenters. The predicted molar refractivity (Wildman–Crippen MR) is 35.2 cm³/mol. The van der Waals surface area contributed by atoms with E-state index >= 15 is 0 Å². The Bertz CT molecular complexity index is 219. The number of aliphatic carboxylic acids is 1. The van der Waals surface area contributed by atoms with Crippen LogP contribution >= 0.6 is 0 Å². The van der Waals surface area contributed by atoms with Gasteiger partial charge in [-0.3, -0.25) is 0 Å². The fourth-order valence-electron chi connectivity index (χ4n) is 0.578. The maximum absolute atomic E-state index is 11.6. The molecule has 0 saturated heterocycles. The van der Waals surface area contributed by atoms with Gasteiger partial charge in [0.25, 0.3) is 0 Å². The average molecular weight is 183 g/mol. The van der Waals surface area contributed by atoms with Gasteiger partial charge in [-0.25, -0.2) is 4.79 Å². The molecule has 0 rings (SSSR count). The number of carbonyl (C=O) groups is 1. The van der Waals surface area contributed by atoms with Crippen molar-refractivity contribution in [2.24, 2.45) is 5.73 Å². The first-order valence-electron chi connectivity index (χ1n) is 2.99. The van der Waals surface area contributed by atoms with Gasteiger partial charge in [-0.1, -0.05) is 0 Å². The molecular formula is C6H8F3NO2. The quantitative estimate of drug-likeness (QED) is 0.633.